The molecule has 2 rings (SSSR count). The van der Waals surface area contributed by atoms with Crippen molar-refractivity contribution in [3.05, 3.63) is 0 Å². The molecule has 0 amide bonds. The van der Waals surface area contributed by atoms with Gasteiger partial charge in [0.1, 0.15) is 0 Å². The Balaban J connectivity index is 1.62. The van der Waals surface area contributed by atoms with Crippen LogP contribution in [0.25, 0.3) is 0 Å². The number of halogens is 1. The molecule has 0 spiro atoms. The molecule has 1 aliphatic heterocycles. The molecule has 0 aromatic carbocycles. The Morgan fingerprint density at radius 2 is 1.69 bits per heavy atom. The number of likely N-dealkylation sites (tertiary alicyclic amines) is 1. The zero-order valence-corrected chi connectivity index (χ0v) is 9.10. The predicted molar refractivity (Wildman–Crippen MR) is 57.2 cm³/mol. The van der Waals surface area contributed by atoms with Crippen molar-refractivity contribution < 1.29 is 0 Å². The van der Waals surface area contributed by atoms with Gasteiger partial charge in [-0.3, -0.25) is 0 Å². The summed E-state index contributed by atoms with van der Waals surface area (Å²) in [6, 6.07) is 0. The lowest BCUT2D eigenvalue weighted by molar-refractivity contribution is 0.0849. The van der Waals surface area contributed by atoms with E-state index in [1.807, 2.05) is 0 Å². The van der Waals surface area contributed by atoms with E-state index in [0.29, 0.717) is 0 Å². The molecule has 0 aromatic heterocycles. The van der Waals surface area contributed by atoms with Crippen LogP contribution < -0.4 is 0 Å². The fourth-order valence-electron chi connectivity index (χ4n) is 2.66. The van der Waals surface area contributed by atoms with E-state index < -0.39 is 0 Å². The van der Waals surface area contributed by atoms with Gasteiger partial charge < -0.3 is 4.90 Å². The maximum Gasteiger partial charge on any atom is 0.0276 e. The summed E-state index contributed by atoms with van der Waals surface area (Å²) in [4.78, 5) is 2.59. The minimum Gasteiger partial charge on any atom is -0.302 e. The number of alkyl halides is 1. The van der Waals surface area contributed by atoms with Crippen molar-refractivity contribution >= 4 is 11.6 Å². The third-order valence-corrected chi connectivity index (χ3v) is 3.93. The molecule has 0 atom stereocenters. The molecular formula is C11H20ClN. The van der Waals surface area contributed by atoms with Gasteiger partial charge in [-0.2, -0.15) is 0 Å². The van der Waals surface area contributed by atoms with E-state index in [1.54, 1.807) is 0 Å². The highest BCUT2D eigenvalue weighted by Crippen LogP contribution is 2.27. The smallest absolute Gasteiger partial charge is 0.0276 e. The number of nitrogens with zero attached hydrogens (tertiary/aromatic N) is 1. The van der Waals surface area contributed by atoms with Crippen molar-refractivity contribution in [2.45, 2.75) is 32.1 Å². The second-order valence-corrected chi connectivity index (χ2v) is 5.05. The zero-order valence-electron chi connectivity index (χ0n) is 8.34. The van der Waals surface area contributed by atoms with Gasteiger partial charge in [0.25, 0.3) is 0 Å². The summed E-state index contributed by atoms with van der Waals surface area (Å²) in [5.41, 5.74) is 0. The van der Waals surface area contributed by atoms with Crippen LogP contribution in [0.15, 0.2) is 0 Å². The molecule has 2 fully saturated rings. The van der Waals surface area contributed by atoms with Crippen molar-refractivity contribution in [2.24, 2.45) is 11.8 Å². The lowest BCUT2D eigenvalue weighted by Crippen LogP contribution is -2.49. The standard InChI is InChI=1S/C11H20ClN/c12-6-11-8-13(9-11)7-10-4-2-1-3-5-10/h10-11H,1-9H2. The van der Waals surface area contributed by atoms with E-state index in [0.717, 1.165) is 17.7 Å². The summed E-state index contributed by atoms with van der Waals surface area (Å²) < 4.78 is 0. The minimum atomic E-state index is 0.797. The maximum atomic E-state index is 5.78. The topological polar surface area (TPSA) is 3.24 Å². The lowest BCUT2D eigenvalue weighted by Gasteiger charge is -2.41. The molecule has 1 saturated heterocycles. The highest BCUT2D eigenvalue weighted by Gasteiger charge is 2.27. The number of rotatable bonds is 3. The van der Waals surface area contributed by atoms with E-state index in [9.17, 15) is 0 Å². The molecule has 2 aliphatic rings. The van der Waals surface area contributed by atoms with Gasteiger partial charge in [-0.05, 0) is 24.7 Å². The Morgan fingerprint density at radius 1 is 1.00 bits per heavy atom. The van der Waals surface area contributed by atoms with Crippen molar-refractivity contribution in [3.8, 4) is 0 Å². The molecular weight excluding hydrogens is 182 g/mol. The molecule has 76 valence electrons. The molecule has 1 saturated carbocycles. The third-order valence-electron chi connectivity index (χ3n) is 3.49. The second kappa shape index (κ2) is 4.65. The molecule has 0 N–H and O–H groups in total. The van der Waals surface area contributed by atoms with E-state index in [-0.39, 0.29) is 0 Å². The van der Waals surface area contributed by atoms with Crippen LogP contribution in [0.3, 0.4) is 0 Å². The number of hydrogen-bond acceptors (Lipinski definition) is 1. The summed E-state index contributed by atoms with van der Waals surface area (Å²) >= 11 is 5.78. The Morgan fingerprint density at radius 3 is 2.31 bits per heavy atom. The Bertz CT molecular complexity index is 148. The minimum absolute atomic E-state index is 0.797. The fraction of sp³-hybridized carbons (Fsp3) is 1.00. The van der Waals surface area contributed by atoms with Crippen molar-refractivity contribution in [2.75, 3.05) is 25.5 Å². The largest absolute Gasteiger partial charge is 0.302 e. The highest BCUT2D eigenvalue weighted by molar-refractivity contribution is 6.18. The van der Waals surface area contributed by atoms with Crippen molar-refractivity contribution in [1.29, 1.82) is 0 Å². The van der Waals surface area contributed by atoms with Crippen LogP contribution in [0.2, 0.25) is 0 Å². The van der Waals surface area contributed by atoms with Crippen molar-refractivity contribution in [3.63, 3.8) is 0 Å². The molecule has 2 heteroatoms. The Hall–Kier alpha value is 0.250. The van der Waals surface area contributed by atoms with Crippen LogP contribution in [0.4, 0.5) is 0 Å². The average Bonchev–Trinajstić information content (AvgIpc) is 2.12. The van der Waals surface area contributed by atoms with Gasteiger partial charge in [-0.15, -0.1) is 11.6 Å². The van der Waals surface area contributed by atoms with Gasteiger partial charge in [0.2, 0.25) is 0 Å². The Labute approximate surface area is 86.4 Å². The first-order valence-corrected chi connectivity index (χ1v) is 6.20. The summed E-state index contributed by atoms with van der Waals surface area (Å²) in [5.74, 6) is 2.66. The predicted octanol–water partition coefficient (Wildman–Crippen LogP) is 2.74. The molecule has 1 heterocycles. The van der Waals surface area contributed by atoms with Gasteiger partial charge in [0.15, 0.2) is 0 Å². The first kappa shape index (κ1) is 9.79. The van der Waals surface area contributed by atoms with Crippen molar-refractivity contribution in [1.82, 2.24) is 4.90 Å². The SMILES string of the molecule is ClCC1CN(CC2CCCCC2)C1. The van der Waals surface area contributed by atoms with Gasteiger partial charge in [-0.25, -0.2) is 0 Å². The molecule has 1 nitrogen and oxygen atoms in total. The zero-order chi connectivity index (χ0) is 9.10. The summed E-state index contributed by atoms with van der Waals surface area (Å²) in [6.45, 7) is 3.88. The van der Waals surface area contributed by atoms with E-state index in [2.05, 4.69) is 4.90 Å². The molecule has 0 bridgehead atoms. The van der Waals surface area contributed by atoms with Crippen LogP contribution in [0.5, 0.6) is 0 Å². The van der Waals surface area contributed by atoms with E-state index in [4.69, 9.17) is 11.6 Å². The molecule has 0 unspecified atom stereocenters. The van der Waals surface area contributed by atoms with Gasteiger partial charge >= 0.3 is 0 Å². The van der Waals surface area contributed by atoms with Gasteiger partial charge in [0, 0.05) is 25.5 Å². The number of hydrogen-bond donors (Lipinski definition) is 0. The quantitative estimate of drug-likeness (QED) is 0.635. The normalized spacial score (nSPS) is 27.5. The third kappa shape index (κ3) is 2.60. The second-order valence-electron chi connectivity index (χ2n) is 4.74. The first-order chi connectivity index (χ1) is 6.38. The summed E-state index contributed by atoms with van der Waals surface area (Å²) in [5, 5.41) is 0. The first-order valence-electron chi connectivity index (χ1n) is 5.67. The summed E-state index contributed by atoms with van der Waals surface area (Å²) in [6.07, 6.45) is 7.36. The fourth-order valence-corrected chi connectivity index (χ4v) is 2.85. The van der Waals surface area contributed by atoms with Crippen LogP contribution in [0, 0.1) is 11.8 Å². The van der Waals surface area contributed by atoms with Crippen LogP contribution in [-0.2, 0) is 0 Å². The molecule has 13 heavy (non-hydrogen) atoms. The average molecular weight is 202 g/mol. The van der Waals surface area contributed by atoms with E-state index >= 15 is 0 Å². The monoisotopic (exact) mass is 201 g/mol. The maximum absolute atomic E-state index is 5.78. The molecule has 0 aromatic rings. The van der Waals surface area contributed by atoms with Gasteiger partial charge in [-0.1, -0.05) is 19.3 Å². The molecule has 1 aliphatic carbocycles. The van der Waals surface area contributed by atoms with Crippen LogP contribution in [-0.4, -0.2) is 30.4 Å². The lowest BCUT2D eigenvalue weighted by atomic mass is 9.87. The summed E-state index contributed by atoms with van der Waals surface area (Å²) in [7, 11) is 0. The van der Waals surface area contributed by atoms with Gasteiger partial charge in [0.05, 0.1) is 0 Å². The Kier molecular flexibility index (Phi) is 3.51. The highest BCUT2D eigenvalue weighted by atomic mass is 35.5. The van der Waals surface area contributed by atoms with Crippen LogP contribution >= 0.6 is 11.6 Å². The molecule has 0 radical (unpaired) electrons. The van der Waals surface area contributed by atoms with E-state index in [1.165, 1.54) is 51.7 Å². The van der Waals surface area contributed by atoms with Crippen LogP contribution in [0.1, 0.15) is 32.1 Å².